The minimum atomic E-state index is -4.51. The number of nitrogens with one attached hydrogen (secondary N) is 1. The summed E-state index contributed by atoms with van der Waals surface area (Å²) < 4.78 is 50.2. The molecule has 1 amide bonds. The predicted molar refractivity (Wildman–Crippen MR) is 101 cm³/mol. The first-order valence-electron chi connectivity index (χ1n) is 9.31. The largest absolute Gasteiger partial charge is 0.496 e. The summed E-state index contributed by atoms with van der Waals surface area (Å²) >= 11 is 1.09. The Morgan fingerprint density at radius 3 is 2.64 bits per heavy atom. The molecule has 28 heavy (non-hydrogen) atoms. The molecule has 0 spiro atoms. The van der Waals surface area contributed by atoms with Gasteiger partial charge in [-0.2, -0.15) is 13.2 Å². The molecular weight excluding hydrogens is 393 g/mol. The fourth-order valence-electron chi connectivity index (χ4n) is 3.91. The van der Waals surface area contributed by atoms with Gasteiger partial charge >= 0.3 is 6.18 Å². The van der Waals surface area contributed by atoms with Gasteiger partial charge in [-0.05, 0) is 50.7 Å². The smallest absolute Gasteiger partial charge is 0.416 e. The van der Waals surface area contributed by atoms with Crippen molar-refractivity contribution in [3.05, 3.63) is 23.3 Å². The van der Waals surface area contributed by atoms with Crippen molar-refractivity contribution in [1.82, 2.24) is 10.2 Å². The van der Waals surface area contributed by atoms with Gasteiger partial charge in [0.1, 0.15) is 5.75 Å². The Bertz CT molecular complexity index is 683. The zero-order chi connectivity index (χ0) is 20.3. The van der Waals surface area contributed by atoms with Crippen molar-refractivity contribution in [2.24, 2.45) is 0 Å². The number of methoxy groups -OCH3 is 1. The minimum Gasteiger partial charge on any atom is -0.496 e. The van der Waals surface area contributed by atoms with Gasteiger partial charge in [0.15, 0.2) is 0 Å². The Hall–Kier alpha value is -1.45. The summed E-state index contributed by atoms with van der Waals surface area (Å²) in [6, 6.07) is 1.85. The van der Waals surface area contributed by atoms with Crippen molar-refractivity contribution in [1.29, 1.82) is 0 Å². The fourth-order valence-corrected chi connectivity index (χ4v) is 4.56. The number of alkyl halides is 3. The summed E-state index contributed by atoms with van der Waals surface area (Å²) in [7, 11) is 1.27. The molecule has 1 aromatic rings. The molecule has 2 saturated heterocycles. The van der Waals surface area contributed by atoms with Crippen LogP contribution in [0.2, 0.25) is 0 Å². The second-order valence-corrected chi connectivity index (χ2v) is 7.86. The van der Waals surface area contributed by atoms with Gasteiger partial charge in [0.25, 0.3) is 5.91 Å². The van der Waals surface area contributed by atoms with Crippen LogP contribution >= 0.6 is 11.8 Å². The first kappa shape index (κ1) is 21.3. The topological polar surface area (TPSA) is 50.8 Å². The highest BCUT2D eigenvalue weighted by molar-refractivity contribution is 7.98. The highest BCUT2D eigenvalue weighted by Crippen LogP contribution is 2.38. The lowest BCUT2D eigenvalue weighted by molar-refractivity contribution is -0.137. The summed E-state index contributed by atoms with van der Waals surface area (Å²) in [5.41, 5.74) is -0.699. The van der Waals surface area contributed by atoms with Crippen molar-refractivity contribution in [3.63, 3.8) is 0 Å². The number of carbonyl (C=O) groups is 1. The van der Waals surface area contributed by atoms with E-state index in [0.717, 1.165) is 56.2 Å². The van der Waals surface area contributed by atoms with E-state index in [0.29, 0.717) is 13.2 Å². The Morgan fingerprint density at radius 1 is 1.32 bits per heavy atom. The van der Waals surface area contributed by atoms with Gasteiger partial charge in [0.2, 0.25) is 0 Å². The fraction of sp³-hybridized carbons (Fsp3) is 0.632. The molecule has 0 aromatic heterocycles. The first-order valence-corrected chi connectivity index (χ1v) is 10.5. The molecule has 1 aromatic carbocycles. The normalized spacial score (nSPS) is 23.6. The van der Waals surface area contributed by atoms with E-state index in [1.54, 1.807) is 6.26 Å². The highest BCUT2D eigenvalue weighted by atomic mass is 32.2. The lowest BCUT2D eigenvalue weighted by Gasteiger charge is -2.38. The monoisotopic (exact) mass is 418 g/mol. The van der Waals surface area contributed by atoms with Crippen molar-refractivity contribution in [2.45, 2.75) is 42.4 Å². The Labute approximate surface area is 166 Å². The summed E-state index contributed by atoms with van der Waals surface area (Å²) in [5.74, 6) is -0.513. The number of amides is 1. The number of halogens is 3. The van der Waals surface area contributed by atoms with E-state index in [4.69, 9.17) is 9.47 Å². The maximum atomic E-state index is 13.2. The highest BCUT2D eigenvalue weighted by Gasteiger charge is 2.36. The van der Waals surface area contributed by atoms with Crippen LogP contribution in [-0.4, -0.2) is 62.6 Å². The van der Waals surface area contributed by atoms with Gasteiger partial charge in [-0.15, -0.1) is 11.8 Å². The van der Waals surface area contributed by atoms with E-state index in [2.05, 4.69) is 10.2 Å². The van der Waals surface area contributed by atoms with Crippen LogP contribution in [0, 0.1) is 0 Å². The molecule has 0 saturated carbocycles. The molecule has 0 aliphatic carbocycles. The third-order valence-electron chi connectivity index (χ3n) is 5.31. The van der Waals surface area contributed by atoms with E-state index >= 15 is 0 Å². The molecule has 0 bridgehead atoms. The van der Waals surface area contributed by atoms with Gasteiger partial charge < -0.3 is 14.8 Å². The van der Waals surface area contributed by atoms with Gasteiger partial charge in [-0.25, -0.2) is 0 Å². The standard InChI is InChI=1S/C19H25F3N2O3S/c1-26-15-9-12(19(20,21)22)10-16(28-2)17(15)18(25)23-13-11-27-8-5-14(13)24-6-3-4-7-24/h9-10,13-14H,3-8,11H2,1-2H3,(H,23,25)/t13-,14-/m1/s1. The summed E-state index contributed by atoms with van der Waals surface area (Å²) in [6.45, 7) is 3.03. The third-order valence-corrected chi connectivity index (χ3v) is 6.07. The second kappa shape index (κ2) is 8.92. The quantitative estimate of drug-likeness (QED) is 0.743. The maximum absolute atomic E-state index is 13.2. The van der Waals surface area contributed by atoms with Gasteiger partial charge in [0, 0.05) is 17.5 Å². The summed E-state index contributed by atoms with van der Waals surface area (Å²) in [6.07, 6.45) is 0.237. The lowest BCUT2D eigenvalue weighted by atomic mass is 10.0. The van der Waals surface area contributed by atoms with E-state index in [9.17, 15) is 18.0 Å². The molecule has 156 valence electrons. The van der Waals surface area contributed by atoms with Crippen molar-refractivity contribution in [3.8, 4) is 5.75 Å². The van der Waals surface area contributed by atoms with Crippen LogP contribution in [0.4, 0.5) is 13.2 Å². The van der Waals surface area contributed by atoms with Crippen LogP contribution in [0.25, 0.3) is 0 Å². The Kier molecular flexibility index (Phi) is 6.77. The summed E-state index contributed by atoms with van der Waals surface area (Å²) in [5, 5.41) is 2.99. The number of carbonyl (C=O) groups excluding carboxylic acids is 1. The number of rotatable bonds is 5. The average molecular weight is 418 g/mol. The molecule has 9 heteroatoms. The molecule has 0 unspecified atom stereocenters. The van der Waals surface area contributed by atoms with Crippen molar-refractivity contribution in [2.75, 3.05) is 39.7 Å². The predicted octanol–water partition coefficient (Wildman–Crippen LogP) is 3.42. The molecule has 2 aliphatic heterocycles. The van der Waals surface area contributed by atoms with Crippen molar-refractivity contribution >= 4 is 17.7 Å². The lowest BCUT2D eigenvalue weighted by Crippen LogP contribution is -2.56. The van der Waals surface area contributed by atoms with Crippen LogP contribution in [0.5, 0.6) is 5.75 Å². The van der Waals surface area contributed by atoms with Crippen molar-refractivity contribution < 1.29 is 27.4 Å². The number of hydrogen-bond donors (Lipinski definition) is 1. The van der Waals surface area contributed by atoms with E-state index in [1.165, 1.54) is 7.11 Å². The van der Waals surface area contributed by atoms with Crippen LogP contribution in [0.3, 0.4) is 0 Å². The number of nitrogens with zero attached hydrogens (tertiary/aromatic N) is 1. The Morgan fingerprint density at radius 2 is 2.04 bits per heavy atom. The molecular formula is C19H25F3N2O3S. The van der Waals surface area contributed by atoms with E-state index in [-0.39, 0.29) is 28.3 Å². The molecule has 0 radical (unpaired) electrons. The number of likely N-dealkylation sites (tertiary alicyclic amines) is 1. The molecule has 2 fully saturated rings. The molecule has 5 nitrogen and oxygen atoms in total. The molecule has 1 N–H and O–H groups in total. The number of thioether (sulfide) groups is 1. The number of ether oxygens (including phenoxy) is 2. The number of benzene rings is 1. The molecule has 2 heterocycles. The van der Waals surface area contributed by atoms with Crippen LogP contribution in [-0.2, 0) is 10.9 Å². The minimum absolute atomic E-state index is 0.0777. The third kappa shape index (κ3) is 4.58. The zero-order valence-corrected chi connectivity index (χ0v) is 16.8. The summed E-state index contributed by atoms with van der Waals surface area (Å²) in [4.78, 5) is 15.6. The maximum Gasteiger partial charge on any atom is 0.416 e. The SMILES string of the molecule is COc1cc(C(F)(F)F)cc(SC)c1C(=O)N[C@@H]1COCC[C@H]1N1CCCC1. The van der Waals surface area contributed by atoms with Crippen LogP contribution in [0.15, 0.2) is 17.0 Å². The molecule has 2 aliphatic rings. The first-order chi connectivity index (χ1) is 13.3. The van der Waals surface area contributed by atoms with Crippen LogP contribution < -0.4 is 10.1 Å². The molecule has 3 rings (SSSR count). The van der Waals surface area contributed by atoms with Gasteiger partial charge in [-0.1, -0.05) is 0 Å². The van der Waals surface area contributed by atoms with Gasteiger partial charge in [-0.3, -0.25) is 9.69 Å². The van der Waals surface area contributed by atoms with Crippen LogP contribution in [0.1, 0.15) is 35.2 Å². The van der Waals surface area contributed by atoms with E-state index in [1.807, 2.05) is 0 Å². The molecule has 2 atom stereocenters. The second-order valence-electron chi connectivity index (χ2n) is 7.01. The number of hydrogen-bond acceptors (Lipinski definition) is 5. The Balaban J connectivity index is 1.86. The van der Waals surface area contributed by atoms with E-state index < -0.39 is 17.6 Å². The van der Waals surface area contributed by atoms with Gasteiger partial charge in [0.05, 0.1) is 30.9 Å². The zero-order valence-electron chi connectivity index (χ0n) is 16.0. The average Bonchev–Trinajstić information content (AvgIpc) is 3.21.